The molecule has 2 rings (SSSR count). The molecule has 0 spiro atoms. The molecule has 0 atom stereocenters. The van der Waals surface area contributed by atoms with E-state index in [1.54, 1.807) is 0 Å². The predicted octanol–water partition coefficient (Wildman–Crippen LogP) is 5.72. The van der Waals surface area contributed by atoms with E-state index in [9.17, 15) is 0 Å². The maximum atomic E-state index is 5.96. The molecule has 112 valence electrons. The van der Waals surface area contributed by atoms with Gasteiger partial charge in [-0.2, -0.15) is 0 Å². The van der Waals surface area contributed by atoms with E-state index in [0.29, 0.717) is 19.1 Å². The third kappa shape index (κ3) is 4.90. The van der Waals surface area contributed by atoms with Gasteiger partial charge in [0.2, 0.25) is 0 Å². The monoisotopic (exact) mass is 432 g/mol. The van der Waals surface area contributed by atoms with Crippen molar-refractivity contribution in [3.05, 3.63) is 56.5 Å². The summed E-state index contributed by atoms with van der Waals surface area (Å²) in [5.41, 5.74) is 2.04. The van der Waals surface area contributed by atoms with E-state index in [-0.39, 0.29) is 0 Å². The lowest BCUT2D eigenvalue weighted by atomic mass is 10.1. The van der Waals surface area contributed by atoms with Crippen molar-refractivity contribution in [1.29, 1.82) is 0 Å². The van der Waals surface area contributed by atoms with Crippen molar-refractivity contribution in [3.8, 4) is 11.5 Å². The Balaban J connectivity index is 1.90. The van der Waals surface area contributed by atoms with Gasteiger partial charge in [0.05, 0.1) is 5.88 Å². The van der Waals surface area contributed by atoms with Crippen LogP contribution >= 0.6 is 43.5 Å². The SMILES string of the molecule is Cc1cc(Br)cc(CCl)c1OCCOc1ccc(Br)cc1. The molecule has 21 heavy (non-hydrogen) atoms. The molecule has 0 radical (unpaired) electrons. The third-order valence-corrected chi connectivity index (χ3v) is 4.15. The van der Waals surface area contributed by atoms with E-state index in [0.717, 1.165) is 31.6 Å². The Morgan fingerprint density at radius 2 is 1.62 bits per heavy atom. The minimum absolute atomic E-state index is 0.420. The molecule has 0 unspecified atom stereocenters. The lowest BCUT2D eigenvalue weighted by Gasteiger charge is -2.14. The summed E-state index contributed by atoms with van der Waals surface area (Å²) in [6.07, 6.45) is 0. The zero-order valence-corrected chi connectivity index (χ0v) is 15.5. The molecule has 0 N–H and O–H groups in total. The van der Waals surface area contributed by atoms with E-state index in [4.69, 9.17) is 21.1 Å². The van der Waals surface area contributed by atoms with Crippen LogP contribution in [-0.4, -0.2) is 13.2 Å². The highest BCUT2D eigenvalue weighted by molar-refractivity contribution is 9.10. The molecule has 0 aliphatic carbocycles. The zero-order valence-electron chi connectivity index (χ0n) is 11.5. The van der Waals surface area contributed by atoms with Crippen molar-refractivity contribution in [3.63, 3.8) is 0 Å². The van der Waals surface area contributed by atoms with Gasteiger partial charge in [-0.1, -0.05) is 31.9 Å². The molecule has 0 aliphatic heterocycles. The van der Waals surface area contributed by atoms with Crippen LogP contribution in [0.25, 0.3) is 0 Å². The molecule has 5 heteroatoms. The van der Waals surface area contributed by atoms with E-state index in [2.05, 4.69) is 31.9 Å². The number of halogens is 3. The van der Waals surface area contributed by atoms with Crippen molar-refractivity contribution >= 4 is 43.5 Å². The number of ether oxygens (including phenoxy) is 2. The Bertz CT molecular complexity index is 600. The third-order valence-electron chi connectivity index (χ3n) is 2.87. The topological polar surface area (TPSA) is 18.5 Å². The van der Waals surface area contributed by atoms with Gasteiger partial charge in [-0.05, 0) is 48.9 Å². The normalized spacial score (nSPS) is 10.5. The van der Waals surface area contributed by atoms with Gasteiger partial charge >= 0.3 is 0 Å². The minimum atomic E-state index is 0.420. The Morgan fingerprint density at radius 1 is 0.952 bits per heavy atom. The van der Waals surface area contributed by atoms with Crippen LogP contribution in [0, 0.1) is 6.92 Å². The number of alkyl halides is 1. The van der Waals surface area contributed by atoms with E-state index >= 15 is 0 Å². The van der Waals surface area contributed by atoms with Crippen LogP contribution in [0.3, 0.4) is 0 Å². The van der Waals surface area contributed by atoms with Gasteiger partial charge < -0.3 is 9.47 Å². The summed E-state index contributed by atoms with van der Waals surface area (Å²) in [4.78, 5) is 0. The predicted molar refractivity (Wildman–Crippen MR) is 93.6 cm³/mol. The Labute approximate surface area is 146 Å². The molecule has 2 aromatic carbocycles. The number of hydrogen-bond donors (Lipinski definition) is 0. The van der Waals surface area contributed by atoms with Crippen molar-refractivity contribution in [2.75, 3.05) is 13.2 Å². The van der Waals surface area contributed by atoms with Crippen LogP contribution in [0.2, 0.25) is 0 Å². The first kappa shape index (κ1) is 16.7. The van der Waals surface area contributed by atoms with Crippen molar-refractivity contribution in [2.45, 2.75) is 12.8 Å². The minimum Gasteiger partial charge on any atom is -0.490 e. The van der Waals surface area contributed by atoms with Gasteiger partial charge in [0.25, 0.3) is 0 Å². The van der Waals surface area contributed by atoms with Crippen molar-refractivity contribution < 1.29 is 9.47 Å². The molecular weight excluding hydrogens is 419 g/mol. The molecule has 0 aromatic heterocycles. The lowest BCUT2D eigenvalue weighted by molar-refractivity contribution is 0.215. The summed E-state index contributed by atoms with van der Waals surface area (Å²) in [7, 11) is 0. The van der Waals surface area contributed by atoms with Gasteiger partial charge in [-0.3, -0.25) is 0 Å². The second-order valence-corrected chi connectivity index (χ2v) is 6.59. The Hall–Kier alpha value is -0.710. The molecule has 2 aromatic rings. The molecule has 0 heterocycles. The average molecular weight is 435 g/mol. The summed E-state index contributed by atoms with van der Waals surface area (Å²) in [6, 6.07) is 11.7. The fourth-order valence-corrected chi connectivity index (χ4v) is 3.02. The van der Waals surface area contributed by atoms with Crippen LogP contribution in [0.5, 0.6) is 11.5 Å². The Kier molecular flexibility index (Phi) is 6.40. The largest absolute Gasteiger partial charge is 0.490 e. The second-order valence-electron chi connectivity index (χ2n) is 4.50. The molecule has 0 saturated heterocycles. The fourth-order valence-electron chi connectivity index (χ4n) is 1.94. The van der Waals surface area contributed by atoms with Gasteiger partial charge in [-0.25, -0.2) is 0 Å². The van der Waals surface area contributed by atoms with Crippen LogP contribution in [-0.2, 0) is 5.88 Å². The highest BCUT2D eigenvalue weighted by Gasteiger charge is 2.08. The molecule has 0 amide bonds. The maximum absolute atomic E-state index is 5.96. The fraction of sp³-hybridized carbons (Fsp3) is 0.250. The average Bonchev–Trinajstić information content (AvgIpc) is 2.46. The number of rotatable bonds is 6. The van der Waals surface area contributed by atoms with Crippen LogP contribution in [0.15, 0.2) is 45.3 Å². The first-order valence-electron chi connectivity index (χ1n) is 6.46. The molecule has 0 aliphatic rings. The summed E-state index contributed by atoms with van der Waals surface area (Å²) in [5.74, 6) is 2.09. The summed E-state index contributed by atoms with van der Waals surface area (Å²) < 4.78 is 13.5. The molecular formula is C16H15Br2ClO2. The quantitative estimate of drug-likeness (QED) is 0.428. The lowest BCUT2D eigenvalue weighted by Crippen LogP contribution is -2.10. The summed E-state index contributed by atoms with van der Waals surface area (Å²) >= 11 is 12.8. The van der Waals surface area contributed by atoms with Gasteiger partial charge in [0.15, 0.2) is 0 Å². The maximum Gasteiger partial charge on any atom is 0.126 e. The van der Waals surface area contributed by atoms with Gasteiger partial charge in [0.1, 0.15) is 24.7 Å². The van der Waals surface area contributed by atoms with Crippen LogP contribution in [0.1, 0.15) is 11.1 Å². The number of aryl methyl sites for hydroxylation is 1. The van der Waals surface area contributed by atoms with Gasteiger partial charge in [0, 0.05) is 14.5 Å². The highest BCUT2D eigenvalue weighted by atomic mass is 79.9. The number of benzene rings is 2. The standard InChI is InChI=1S/C16H15Br2ClO2/c1-11-8-14(18)9-12(10-19)16(11)21-7-6-20-15-4-2-13(17)3-5-15/h2-5,8-9H,6-7,10H2,1H3. The molecule has 0 fully saturated rings. The number of hydrogen-bond acceptors (Lipinski definition) is 2. The molecule has 0 bridgehead atoms. The first-order chi connectivity index (χ1) is 10.1. The van der Waals surface area contributed by atoms with Crippen LogP contribution < -0.4 is 9.47 Å². The molecule has 2 nitrogen and oxygen atoms in total. The highest BCUT2D eigenvalue weighted by Crippen LogP contribution is 2.29. The van der Waals surface area contributed by atoms with E-state index < -0.39 is 0 Å². The second kappa shape index (κ2) is 8.06. The van der Waals surface area contributed by atoms with Crippen molar-refractivity contribution in [2.24, 2.45) is 0 Å². The Morgan fingerprint density at radius 3 is 2.29 bits per heavy atom. The molecule has 0 saturated carbocycles. The van der Waals surface area contributed by atoms with E-state index in [1.165, 1.54) is 0 Å². The van der Waals surface area contributed by atoms with Crippen LogP contribution in [0.4, 0.5) is 0 Å². The van der Waals surface area contributed by atoms with Gasteiger partial charge in [-0.15, -0.1) is 11.6 Å². The zero-order chi connectivity index (χ0) is 15.2. The summed E-state index contributed by atoms with van der Waals surface area (Å²) in [6.45, 7) is 2.97. The van der Waals surface area contributed by atoms with E-state index in [1.807, 2.05) is 43.3 Å². The summed E-state index contributed by atoms with van der Waals surface area (Å²) in [5, 5.41) is 0. The smallest absolute Gasteiger partial charge is 0.126 e. The van der Waals surface area contributed by atoms with Crippen molar-refractivity contribution in [1.82, 2.24) is 0 Å². The first-order valence-corrected chi connectivity index (χ1v) is 8.58.